The Bertz CT molecular complexity index is 378. The van der Waals surface area contributed by atoms with E-state index in [-0.39, 0.29) is 0 Å². The minimum Gasteiger partial charge on any atom is -0.368 e. The van der Waals surface area contributed by atoms with Crippen LogP contribution in [0.3, 0.4) is 0 Å². The third kappa shape index (κ3) is 2.75. The van der Waals surface area contributed by atoms with Crippen molar-refractivity contribution >= 4 is 17.3 Å². The Morgan fingerprint density at radius 2 is 2.24 bits per heavy atom. The quantitative estimate of drug-likeness (QED) is 0.891. The van der Waals surface area contributed by atoms with Crippen molar-refractivity contribution in [1.82, 2.24) is 0 Å². The number of anilines is 1. The lowest BCUT2D eigenvalue weighted by Gasteiger charge is -2.38. The molecular formula is C14H21ClN2. The second-order valence-corrected chi connectivity index (χ2v) is 5.16. The minimum absolute atomic E-state index is 0.558. The normalized spacial score (nSPS) is 20.6. The smallest absolute Gasteiger partial charge is 0.0415 e. The van der Waals surface area contributed by atoms with Crippen LogP contribution in [-0.2, 0) is 6.54 Å². The molecular weight excluding hydrogens is 232 g/mol. The van der Waals surface area contributed by atoms with Crippen LogP contribution in [-0.4, -0.2) is 12.6 Å². The fraction of sp³-hybridized carbons (Fsp3) is 0.571. The van der Waals surface area contributed by atoms with Crippen LogP contribution in [0.2, 0.25) is 5.02 Å². The van der Waals surface area contributed by atoms with Gasteiger partial charge in [0.2, 0.25) is 0 Å². The van der Waals surface area contributed by atoms with Crippen molar-refractivity contribution in [2.75, 3.05) is 11.4 Å². The number of benzene rings is 1. The maximum absolute atomic E-state index is 6.03. The van der Waals surface area contributed by atoms with E-state index in [0.717, 1.165) is 17.1 Å². The summed E-state index contributed by atoms with van der Waals surface area (Å²) in [5.41, 5.74) is 8.27. The molecule has 1 aliphatic rings. The van der Waals surface area contributed by atoms with Crippen molar-refractivity contribution in [3.8, 4) is 0 Å². The predicted octanol–water partition coefficient (Wildman–Crippen LogP) is 3.57. The van der Waals surface area contributed by atoms with Gasteiger partial charge < -0.3 is 10.6 Å². The predicted molar refractivity (Wildman–Crippen MR) is 74.6 cm³/mol. The molecule has 1 saturated heterocycles. The largest absolute Gasteiger partial charge is 0.368 e. The second kappa shape index (κ2) is 5.74. The molecule has 1 fully saturated rings. The molecule has 0 saturated carbocycles. The summed E-state index contributed by atoms with van der Waals surface area (Å²) in [7, 11) is 0. The number of nitrogens with two attached hydrogens (primary N) is 1. The van der Waals surface area contributed by atoms with Gasteiger partial charge in [0.05, 0.1) is 0 Å². The Hall–Kier alpha value is -0.730. The molecule has 1 aromatic carbocycles. The highest BCUT2D eigenvalue weighted by Gasteiger charge is 2.22. The second-order valence-electron chi connectivity index (χ2n) is 4.73. The van der Waals surface area contributed by atoms with E-state index >= 15 is 0 Å². The third-order valence-electron chi connectivity index (χ3n) is 3.67. The van der Waals surface area contributed by atoms with E-state index in [1.54, 1.807) is 0 Å². The zero-order valence-electron chi connectivity index (χ0n) is 10.5. The van der Waals surface area contributed by atoms with Crippen LogP contribution >= 0.6 is 11.6 Å². The molecule has 1 unspecified atom stereocenters. The summed E-state index contributed by atoms with van der Waals surface area (Å²) in [6.07, 6.45) is 5.12. The molecule has 2 N–H and O–H groups in total. The van der Waals surface area contributed by atoms with Crippen LogP contribution in [0.4, 0.5) is 5.69 Å². The first-order valence-electron chi connectivity index (χ1n) is 6.51. The number of nitrogens with zero attached hydrogens (tertiary/aromatic N) is 1. The molecule has 0 aromatic heterocycles. The fourth-order valence-corrected chi connectivity index (χ4v) is 2.93. The van der Waals surface area contributed by atoms with Crippen LogP contribution in [0.25, 0.3) is 0 Å². The lowest BCUT2D eigenvalue weighted by Crippen LogP contribution is -2.39. The Morgan fingerprint density at radius 1 is 1.41 bits per heavy atom. The van der Waals surface area contributed by atoms with Crippen molar-refractivity contribution in [2.24, 2.45) is 5.73 Å². The van der Waals surface area contributed by atoms with E-state index in [2.05, 4.69) is 17.9 Å². The molecule has 1 heterocycles. The Kier molecular flexibility index (Phi) is 4.30. The molecule has 2 rings (SSSR count). The summed E-state index contributed by atoms with van der Waals surface area (Å²) >= 11 is 6.03. The lowest BCUT2D eigenvalue weighted by atomic mass is 9.98. The molecule has 0 spiro atoms. The maximum atomic E-state index is 6.03. The number of rotatable bonds is 3. The topological polar surface area (TPSA) is 29.3 Å². The van der Waals surface area contributed by atoms with Crippen molar-refractivity contribution in [1.29, 1.82) is 0 Å². The van der Waals surface area contributed by atoms with Gasteiger partial charge in [0.15, 0.2) is 0 Å². The molecule has 94 valence electrons. The number of hydrogen-bond donors (Lipinski definition) is 1. The number of halogens is 1. The van der Waals surface area contributed by atoms with Gasteiger partial charge in [0.25, 0.3) is 0 Å². The zero-order chi connectivity index (χ0) is 12.3. The summed E-state index contributed by atoms with van der Waals surface area (Å²) in [5.74, 6) is 0. The highest BCUT2D eigenvalue weighted by molar-refractivity contribution is 6.30. The van der Waals surface area contributed by atoms with Crippen molar-refractivity contribution in [2.45, 2.75) is 45.2 Å². The first-order valence-corrected chi connectivity index (χ1v) is 6.89. The molecule has 2 nitrogen and oxygen atoms in total. The fourth-order valence-electron chi connectivity index (χ4n) is 2.74. The summed E-state index contributed by atoms with van der Waals surface area (Å²) in [6.45, 7) is 3.97. The minimum atomic E-state index is 0.558. The van der Waals surface area contributed by atoms with Gasteiger partial charge in [-0.3, -0.25) is 0 Å². The first kappa shape index (κ1) is 12.7. The average molecular weight is 253 g/mol. The zero-order valence-corrected chi connectivity index (χ0v) is 11.2. The lowest BCUT2D eigenvalue weighted by molar-refractivity contribution is 0.449. The van der Waals surface area contributed by atoms with Gasteiger partial charge in [-0.25, -0.2) is 0 Å². The van der Waals surface area contributed by atoms with Gasteiger partial charge in [-0.15, -0.1) is 0 Å². The summed E-state index contributed by atoms with van der Waals surface area (Å²) in [5, 5.41) is 0.777. The Balaban J connectivity index is 2.30. The molecule has 1 atom stereocenters. The van der Waals surface area contributed by atoms with E-state index < -0.39 is 0 Å². The summed E-state index contributed by atoms with van der Waals surface area (Å²) < 4.78 is 0. The van der Waals surface area contributed by atoms with Crippen molar-refractivity contribution in [3.05, 3.63) is 28.8 Å². The SMILES string of the molecule is CCC1CCCCN1c1ccc(Cl)cc1CN. The average Bonchev–Trinajstić information content (AvgIpc) is 2.38. The van der Waals surface area contributed by atoms with Gasteiger partial charge >= 0.3 is 0 Å². The number of piperidine rings is 1. The van der Waals surface area contributed by atoms with Crippen LogP contribution in [0.15, 0.2) is 18.2 Å². The molecule has 3 heteroatoms. The van der Waals surface area contributed by atoms with Crippen LogP contribution in [0.1, 0.15) is 38.2 Å². The molecule has 0 amide bonds. The molecule has 0 radical (unpaired) electrons. The highest BCUT2D eigenvalue weighted by Crippen LogP contribution is 2.30. The summed E-state index contributed by atoms with van der Waals surface area (Å²) in [4.78, 5) is 2.52. The van der Waals surface area contributed by atoms with Gasteiger partial charge in [0.1, 0.15) is 0 Å². The van der Waals surface area contributed by atoms with E-state index in [4.69, 9.17) is 17.3 Å². The highest BCUT2D eigenvalue weighted by atomic mass is 35.5. The maximum Gasteiger partial charge on any atom is 0.0415 e. The standard InChI is InChI=1S/C14H21ClN2/c1-2-13-5-3-4-8-17(13)14-7-6-12(15)9-11(14)10-16/h6-7,9,13H,2-5,8,10,16H2,1H3. The van der Waals surface area contributed by atoms with E-state index in [1.807, 2.05) is 12.1 Å². The van der Waals surface area contributed by atoms with Crippen molar-refractivity contribution < 1.29 is 0 Å². The van der Waals surface area contributed by atoms with Crippen molar-refractivity contribution in [3.63, 3.8) is 0 Å². The Morgan fingerprint density at radius 3 is 2.94 bits per heavy atom. The van der Waals surface area contributed by atoms with Gasteiger partial charge in [-0.05, 0) is 49.4 Å². The van der Waals surface area contributed by atoms with Crippen LogP contribution in [0.5, 0.6) is 0 Å². The van der Waals surface area contributed by atoms with E-state index in [1.165, 1.54) is 31.4 Å². The molecule has 1 aromatic rings. The van der Waals surface area contributed by atoms with E-state index in [9.17, 15) is 0 Å². The molecule has 1 aliphatic heterocycles. The first-order chi connectivity index (χ1) is 8.26. The number of hydrogen-bond acceptors (Lipinski definition) is 2. The monoisotopic (exact) mass is 252 g/mol. The Labute approximate surface area is 109 Å². The summed E-state index contributed by atoms with van der Waals surface area (Å²) in [6, 6.07) is 6.75. The molecule has 0 bridgehead atoms. The molecule has 17 heavy (non-hydrogen) atoms. The van der Waals surface area contributed by atoms with Crippen LogP contribution in [0, 0.1) is 0 Å². The van der Waals surface area contributed by atoms with Crippen LogP contribution < -0.4 is 10.6 Å². The van der Waals surface area contributed by atoms with Gasteiger partial charge in [0, 0.05) is 29.8 Å². The van der Waals surface area contributed by atoms with E-state index in [0.29, 0.717) is 12.6 Å². The van der Waals surface area contributed by atoms with Gasteiger partial charge in [-0.1, -0.05) is 18.5 Å². The third-order valence-corrected chi connectivity index (χ3v) is 3.90. The molecule has 0 aliphatic carbocycles. The van der Waals surface area contributed by atoms with Gasteiger partial charge in [-0.2, -0.15) is 0 Å².